The monoisotopic (exact) mass is 308 g/mol. The first-order valence-corrected chi connectivity index (χ1v) is 8.35. The Morgan fingerprint density at radius 1 is 1.24 bits per heavy atom. The van der Waals surface area contributed by atoms with Gasteiger partial charge >= 0.3 is 5.97 Å². The van der Waals surface area contributed by atoms with E-state index in [1.54, 1.807) is 11.3 Å². The maximum Gasteiger partial charge on any atom is 0.325 e. The molecule has 2 aliphatic heterocycles. The first kappa shape index (κ1) is 14.5. The number of amides is 1. The first-order chi connectivity index (χ1) is 10.2. The van der Waals surface area contributed by atoms with E-state index in [-0.39, 0.29) is 12.5 Å². The van der Waals surface area contributed by atoms with E-state index in [0.717, 1.165) is 42.8 Å². The van der Waals surface area contributed by atoms with Crippen molar-refractivity contribution in [2.75, 3.05) is 26.2 Å². The van der Waals surface area contributed by atoms with E-state index in [1.165, 1.54) is 6.42 Å². The molecule has 3 heterocycles. The van der Waals surface area contributed by atoms with Gasteiger partial charge in [-0.25, -0.2) is 0 Å². The Hall–Kier alpha value is -1.40. The molecule has 0 spiro atoms. The normalized spacial score (nSPS) is 22.9. The van der Waals surface area contributed by atoms with E-state index >= 15 is 0 Å². The third-order valence-electron chi connectivity index (χ3n) is 4.35. The molecule has 0 aromatic carbocycles. The second kappa shape index (κ2) is 6.15. The van der Waals surface area contributed by atoms with Crippen LogP contribution in [0.25, 0.3) is 0 Å². The van der Waals surface area contributed by atoms with Gasteiger partial charge in [-0.3, -0.25) is 14.5 Å². The van der Waals surface area contributed by atoms with E-state index in [1.807, 2.05) is 21.2 Å². The molecule has 1 aromatic heterocycles. The van der Waals surface area contributed by atoms with Crippen LogP contribution in [0.1, 0.15) is 35.7 Å². The number of likely N-dealkylation sites (tertiary alicyclic amines) is 1. The third-order valence-corrected chi connectivity index (χ3v) is 5.34. The second-order valence-electron chi connectivity index (χ2n) is 5.70. The highest BCUT2D eigenvalue weighted by atomic mass is 32.1. The van der Waals surface area contributed by atoms with E-state index in [2.05, 4.69) is 0 Å². The lowest BCUT2D eigenvalue weighted by molar-refractivity contribution is -0.145. The molecule has 1 fully saturated rings. The zero-order chi connectivity index (χ0) is 14.8. The van der Waals surface area contributed by atoms with Crippen LogP contribution >= 0.6 is 11.3 Å². The van der Waals surface area contributed by atoms with Crippen LogP contribution in [0, 0.1) is 0 Å². The number of fused-ring (bicyclic) bond motifs is 1. The maximum absolute atomic E-state index is 12.4. The molecule has 1 unspecified atom stereocenters. The Kier molecular flexibility index (Phi) is 4.26. The van der Waals surface area contributed by atoms with Gasteiger partial charge in [-0.05, 0) is 42.7 Å². The summed E-state index contributed by atoms with van der Waals surface area (Å²) in [5.41, 5.74) is 0.866. The van der Waals surface area contributed by atoms with Crippen molar-refractivity contribution in [1.82, 2.24) is 9.80 Å². The van der Waals surface area contributed by atoms with E-state index in [4.69, 9.17) is 0 Å². The fourth-order valence-electron chi connectivity index (χ4n) is 3.24. The molecular weight excluding hydrogens is 288 g/mol. The molecular formula is C15H20N2O3S. The topological polar surface area (TPSA) is 60.9 Å². The van der Waals surface area contributed by atoms with Crippen molar-refractivity contribution in [2.45, 2.75) is 31.7 Å². The van der Waals surface area contributed by atoms with Crippen molar-refractivity contribution in [3.05, 3.63) is 21.9 Å². The van der Waals surface area contributed by atoms with Crippen molar-refractivity contribution < 1.29 is 14.7 Å². The largest absolute Gasteiger partial charge is 0.480 e. The zero-order valence-corrected chi connectivity index (χ0v) is 12.8. The van der Waals surface area contributed by atoms with Crippen LogP contribution in [0.4, 0.5) is 0 Å². The number of piperidine rings is 1. The zero-order valence-electron chi connectivity index (χ0n) is 12.0. The van der Waals surface area contributed by atoms with E-state index in [9.17, 15) is 14.7 Å². The number of carboxylic acids is 1. The van der Waals surface area contributed by atoms with Crippen LogP contribution in [0.5, 0.6) is 0 Å². The van der Waals surface area contributed by atoms with Gasteiger partial charge in [0.05, 0.1) is 6.54 Å². The summed E-state index contributed by atoms with van der Waals surface area (Å²) in [7, 11) is 0. The fraction of sp³-hybridized carbons (Fsp3) is 0.600. The van der Waals surface area contributed by atoms with Crippen molar-refractivity contribution in [1.29, 1.82) is 0 Å². The van der Waals surface area contributed by atoms with Gasteiger partial charge in [0.1, 0.15) is 6.04 Å². The summed E-state index contributed by atoms with van der Waals surface area (Å²) in [5, 5.41) is 11.5. The van der Waals surface area contributed by atoms with Gasteiger partial charge in [0.15, 0.2) is 0 Å². The van der Waals surface area contributed by atoms with Crippen molar-refractivity contribution >= 4 is 23.2 Å². The molecule has 21 heavy (non-hydrogen) atoms. The summed E-state index contributed by atoms with van der Waals surface area (Å²) < 4.78 is 0. The first-order valence-electron chi connectivity index (χ1n) is 7.47. The minimum Gasteiger partial charge on any atom is -0.480 e. The van der Waals surface area contributed by atoms with Crippen LogP contribution in [0.3, 0.4) is 0 Å². The average molecular weight is 308 g/mol. The molecule has 1 atom stereocenters. The number of carboxylic acid groups (broad SMARTS) is 1. The number of nitrogens with zero attached hydrogens (tertiary/aromatic N) is 2. The van der Waals surface area contributed by atoms with Crippen molar-refractivity contribution in [3.63, 3.8) is 0 Å². The molecule has 114 valence electrons. The minimum absolute atomic E-state index is 0.0691. The average Bonchev–Trinajstić information content (AvgIpc) is 2.95. The standard InChI is InChI=1S/C15H20N2O3S/c18-13(16-6-2-1-3-7-16)10-17-8-4-12-11(5-9-21-12)14(17)15(19)20/h5,9,14H,1-4,6-8,10H2,(H,19,20). The van der Waals surface area contributed by atoms with Gasteiger partial charge < -0.3 is 10.0 Å². The van der Waals surface area contributed by atoms with Gasteiger partial charge in [-0.2, -0.15) is 0 Å². The highest BCUT2D eigenvalue weighted by Crippen LogP contribution is 2.33. The quantitative estimate of drug-likeness (QED) is 0.924. The number of hydrogen-bond donors (Lipinski definition) is 1. The van der Waals surface area contributed by atoms with Crippen LogP contribution in [0.2, 0.25) is 0 Å². The lowest BCUT2D eigenvalue weighted by atomic mass is 10.00. The molecule has 1 amide bonds. The summed E-state index contributed by atoms with van der Waals surface area (Å²) in [6.07, 6.45) is 4.14. The minimum atomic E-state index is -0.860. The highest BCUT2D eigenvalue weighted by Gasteiger charge is 2.35. The Morgan fingerprint density at radius 3 is 2.71 bits per heavy atom. The van der Waals surface area contributed by atoms with Gasteiger partial charge in [0.25, 0.3) is 0 Å². The highest BCUT2D eigenvalue weighted by molar-refractivity contribution is 7.10. The molecule has 0 radical (unpaired) electrons. The SMILES string of the molecule is O=C(O)C1c2ccsc2CCN1CC(=O)N1CCCCC1. The summed E-state index contributed by atoms with van der Waals surface area (Å²) in [6.45, 7) is 2.48. The molecule has 1 aromatic rings. The van der Waals surface area contributed by atoms with Crippen LogP contribution in [-0.2, 0) is 16.0 Å². The Balaban J connectivity index is 1.72. The maximum atomic E-state index is 12.4. The molecule has 3 rings (SSSR count). The molecule has 0 saturated carbocycles. The number of carbonyl (C=O) groups excluding carboxylic acids is 1. The number of aliphatic carboxylic acids is 1. The number of rotatable bonds is 3. The molecule has 6 heteroatoms. The lowest BCUT2D eigenvalue weighted by Crippen LogP contribution is -2.47. The number of hydrogen-bond acceptors (Lipinski definition) is 4. The van der Waals surface area contributed by atoms with Gasteiger partial charge in [-0.15, -0.1) is 11.3 Å². The van der Waals surface area contributed by atoms with Crippen LogP contribution in [0.15, 0.2) is 11.4 Å². The van der Waals surface area contributed by atoms with Crippen molar-refractivity contribution in [3.8, 4) is 0 Å². The lowest BCUT2D eigenvalue weighted by Gasteiger charge is -2.35. The molecule has 0 aliphatic carbocycles. The number of carbonyl (C=O) groups is 2. The van der Waals surface area contributed by atoms with Crippen LogP contribution < -0.4 is 0 Å². The molecule has 1 N–H and O–H groups in total. The Morgan fingerprint density at radius 2 is 2.00 bits per heavy atom. The smallest absolute Gasteiger partial charge is 0.325 e. The van der Waals surface area contributed by atoms with E-state index in [0.29, 0.717) is 6.54 Å². The van der Waals surface area contributed by atoms with Crippen molar-refractivity contribution in [2.24, 2.45) is 0 Å². The number of thiophene rings is 1. The summed E-state index contributed by atoms with van der Waals surface area (Å²) in [4.78, 5) is 28.8. The van der Waals surface area contributed by atoms with E-state index < -0.39 is 12.0 Å². The van der Waals surface area contributed by atoms with Gasteiger partial charge in [0, 0.05) is 24.5 Å². The molecule has 1 saturated heterocycles. The summed E-state index contributed by atoms with van der Waals surface area (Å²) in [6, 6.07) is 1.21. The predicted octanol–water partition coefficient (Wildman–Crippen LogP) is 1.74. The van der Waals surface area contributed by atoms with Crippen LogP contribution in [-0.4, -0.2) is 53.0 Å². The summed E-state index contributed by atoms with van der Waals surface area (Å²) in [5.74, 6) is -0.791. The fourth-order valence-corrected chi connectivity index (χ4v) is 4.15. The second-order valence-corrected chi connectivity index (χ2v) is 6.70. The third kappa shape index (κ3) is 2.96. The molecule has 2 aliphatic rings. The van der Waals surface area contributed by atoms with Gasteiger partial charge in [-0.1, -0.05) is 0 Å². The molecule has 5 nitrogen and oxygen atoms in total. The summed E-state index contributed by atoms with van der Waals surface area (Å²) >= 11 is 1.61. The molecule has 0 bridgehead atoms. The predicted molar refractivity (Wildman–Crippen MR) is 80.4 cm³/mol. The Labute approximate surface area is 128 Å². The van der Waals surface area contributed by atoms with Gasteiger partial charge in [0.2, 0.25) is 5.91 Å². The Bertz CT molecular complexity index is 537.